The Labute approximate surface area is 98.5 Å². The van der Waals surface area contributed by atoms with Gasteiger partial charge in [0.2, 0.25) is 0 Å². The molecule has 4 nitrogen and oxygen atoms in total. The third kappa shape index (κ3) is 5.25. The van der Waals surface area contributed by atoms with Crippen molar-refractivity contribution in [3.8, 4) is 0 Å². The maximum atomic E-state index is 9.78. The van der Waals surface area contributed by atoms with Crippen LogP contribution in [0.25, 0.3) is 0 Å². The van der Waals surface area contributed by atoms with Gasteiger partial charge in [0.25, 0.3) is 0 Å². The van der Waals surface area contributed by atoms with Crippen molar-refractivity contribution < 1.29 is 14.6 Å². The first-order chi connectivity index (χ1) is 7.61. The molecule has 0 amide bonds. The molecule has 1 N–H and O–H groups in total. The Balaban J connectivity index is 2.13. The molecule has 0 aromatic carbocycles. The lowest BCUT2D eigenvalue weighted by atomic mass is 10.1. The molecule has 4 heteroatoms. The number of hydrogen-bond acceptors (Lipinski definition) is 4. The van der Waals surface area contributed by atoms with Crippen LogP contribution in [0.1, 0.15) is 20.3 Å². The van der Waals surface area contributed by atoms with Gasteiger partial charge in [-0.1, -0.05) is 0 Å². The van der Waals surface area contributed by atoms with Gasteiger partial charge in [0, 0.05) is 20.2 Å². The molecule has 0 aliphatic carbocycles. The van der Waals surface area contributed by atoms with Gasteiger partial charge in [-0.2, -0.15) is 0 Å². The maximum Gasteiger partial charge on any atom is 0.0900 e. The highest BCUT2D eigenvalue weighted by atomic mass is 16.5. The summed E-state index contributed by atoms with van der Waals surface area (Å²) in [5.74, 6) is 0.628. The third-order valence-corrected chi connectivity index (χ3v) is 2.86. The van der Waals surface area contributed by atoms with E-state index in [0.29, 0.717) is 19.1 Å². The van der Waals surface area contributed by atoms with E-state index in [9.17, 15) is 5.11 Å². The summed E-state index contributed by atoms with van der Waals surface area (Å²) >= 11 is 0. The van der Waals surface area contributed by atoms with Gasteiger partial charge < -0.3 is 19.5 Å². The molecule has 0 aromatic heterocycles. The van der Waals surface area contributed by atoms with E-state index >= 15 is 0 Å². The Morgan fingerprint density at radius 3 is 2.81 bits per heavy atom. The summed E-state index contributed by atoms with van der Waals surface area (Å²) in [5.41, 5.74) is 0. The number of aliphatic hydroxyl groups is 1. The number of hydrogen-bond donors (Lipinski definition) is 1. The monoisotopic (exact) mass is 231 g/mol. The van der Waals surface area contributed by atoms with E-state index in [4.69, 9.17) is 9.47 Å². The fourth-order valence-electron chi connectivity index (χ4n) is 2.10. The topological polar surface area (TPSA) is 41.9 Å². The molecule has 0 saturated carbocycles. The number of nitrogens with zero attached hydrogens (tertiary/aromatic N) is 1. The highest BCUT2D eigenvalue weighted by molar-refractivity contribution is 4.77. The SMILES string of the molecule is COCC1CCN(CC(O)COC(C)C)C1. The molecule has 1 rings (SSSR count). The van der Waals surface area contributed by atoms with Gasteiger partial charge >= 0.3 is 0 Å². The molecule has 0 bridgehead atoms. The summed E-state index contributed by atoms with van der Waals surface area (Å²) in [6, 6.07) is 0. The van der Waals surface area contributed by atoms with Crippen LogP contribution in [0.5, 0.6) is 0 Å². The third-order valence-electron chi connectivity index (χ3n) is 2.86. The second-order valence-corrected chi connectivity index (χ2v) is 4.91. The predicted octanol–water partition coefficient (Wildman–Crippen LogP) is 0.741. The van der Waals surface area contributed by atoms with Crippen LogP contribution >= 0.6 is 0 Å². The van der Waals surface area contributed by atoms with Gasteiger partial charge in [-0.15, -0.1) is 0 Å². The van der Waals surface area contributed by atoms with Crippen molar-refractivity contribution in [2.45, 2.75) is 32.5 Å². The minimum absolute atomic E-state index is 0.189. The largest absolute Gasteiger partial charge is 0.389 e. The summed E-state index contributed by atoms with van der Waals surface area (Å²) in [5, 5.41) is 9.78. The molecule has 1 saturated heterocycles. The van der Waals surface area contributed by atoms with E-state index in [0.717, 1.165) is 19.7 Å². The Morgan fingerprint density at radius 2 is 2.19 bits per heavy atom. The lowest BCUT2D eigenvalue weighted by molar-refractivity contribution is -0.00653. The first kappa shape index (κ1) is 13.9. The minimum atomic E-state index is -0.372. The van der Waals surface area contributed by atoms with Gasteiger partial charge in [0.15, 0.2) is 0 Å². The number of likely N-dealkylation sites (tertiary alicyclic amines) is 1. The Bertz CT molecular complexity index is 187. The van der Waals surface area contributed by atoms with Gasteiger partial charge in [0.1, 0.15) is 0 Å². The molecule has 1 aliphatic rings. The number of methoxy groups -OCH3 is 1. The molecule has 0 spiro atoms. The average molecular weight is 231 g/mol. The molecular weight excluding hydrogens is 206 g/mol. The summed E-state index contributed by atoms with van der Waals surface area (Å²) < 4.78 is 10.5. The minimum Gasteiger partial charge on any atom is -0.389 e. The van der Waals surface area contributed by atoms with Crippen LogP contribution in [-0.4, -0.2) is 62.2 Å². The first-order valence-corrected chi connectivity index (χ1v) is 6.12. The fraction of sp³-hybridized carbons (Fsp3) is 1.00. The number of β-amino-alcohol motifs (C(OH)–C–C–N with tert-alkyl or cyclic N) is 1. The Kier molecular flexibility index (Phi) is 6.28. The van der Waals surface area contributed by atoms with Crippen molar-refractivity contribution in [2.75, 3.05) is 40.0 Å². The quantitative estimate of drug-likeness (QED) is 0.702. The highest BCUT2D eigenvalue weighted by Gasteiger charge is 2.23. The van der Waals surface area contributed by atoms with Crippen molar-refractivity contribution in [3.63, 3.8) is 0 Å². The lowest BCUT2D eigenvalue weighted by Gasteiger charge is -2.20. The molecule has 0 aromatic rings. The normalized spacial score (nSPS) is 24.2. The van der Waals surface area contributed by atoms with E-state index in [2.05, 4.69) is 4.90 Å². The fourth-order valence-corrected chi connectivity index (χ4v) is 2.10. The molecule has 1 heterocycles. The molecule has 1 aliphatic heterocycles. The number of ether oxygens (including phenoxy) is 2. The zero-order chi connectivity index (χ0) is 12.0. The highest BCUT2D eigenvalue weighted by Crippen LogP contribution is 2.16. The van der Waals surface area contributed by atoms with Crippen LogP contribution in [0, 0.1) is 5.92 Å². The van der Waals surface area contributed by atoms with Gasteiger partial charge in [0.05, 0.1) is 25.4 Å². The van der Waals surface area contributed by atoms with Crippen molar-refractivity contribution in [1.82, 2.24) is 4.90 Å². The number of aliphatic hydroxyl groups excluding tert-OH is 1. The van der Waals surface area contributed by atoms with E-state index < -0.39 is 0 Å². The van der Waals surface area contributed by atoms with E-state index in [-0.39, 0.29) is 12.2 Å². The van der Waals surface area contributed by atoms with E-state index in [1.807, 2.05) is 13.8 Å². The van der Waals surface area contributed by atoms with Crippen LogP contribution < -0.4 is 0 Å². The van der Waals surface area contributed by atoms with Crippen LogP contribution in [-0.2, 0) is 9.47 Å². The van der Waals surface area contributed by atoms with E-state index in [1.54, 1.807) is 7.11 Å². The van der Waals surface area contributed by atoms with Crippen LogP contribution in [0.2, 0.25) is 0 Å². The van der Waals surface area contributed by atoms with Crippen LogP contribution in [0.4, 0.5) is 0 Å². The van der Waals surface area contributed by atoms with Gasteiger partial charge in [-0.05, 0) is 32.7 Å². The van der Waals surface area contributed by atoms with Crippen molar-refractivity contribution >= 4 is 0 Å². The standard InChI is InChI=1S/C12H25NO3/c1-10(2)16-9-12(14)7-13-5-4-11(6-13)8-15-3/h10-12,14H,4-9H2,1-3H3. The van der Waals surface area contributed by atoms with Crippen molar-refractivity contribution in [2.24, 2.45) is 5.92 Å². The predicted molar refractivity (Wildman–Crippen MR) is 63.5 cm³/mol. The van der Waals surface area contributed by atoms with Crippen LogP contribution in [0.3, 0.4) is 0 Å². The Hall–Kier alpha value is -0.160. The molecule has 0 radical (unpaired) electrons. The van der Waals surface area contributed by atoms with Crippen LogP contribution in [0.15, 0.2) is 0 Å². The second kappa shape index (κ2) is 7.22. The lowest BCUT2D eigenvalue weighted by Crippen LogP contribution is -2.34. The summed E-state index contributed by atoms with van der Waals surface area (Å²) in [7, 11) is 1.74. The van der Waals surface area contributed by atoms with Gasteiger partial charge in [-0.25, -0.2) is 0 Å². The summed E-state index contributed by atoms with van der Waals surface area (Å²) in [4.78, 5) is 2.29. The first-order valence-electron chi connectivity index (χ1n) is 6.12. The Morgan fingerprint density at radius 1 is 1.44 bits per heavy atom. The zero-order valence-electron chi connectivity index (χ0n) is 10.7. The smallest absolute Gasteiger partial charge is 0.0900 e. The molecule has 2 unspecified atom stereocenters. The van der Waals surface area contributed by atoms with E-state index in [1.165, 1.54) is 6.42 Å². The average Bonchev–Trinajstić information content (AvgIpc) is 2.63. The summed E-state index contributed by atoms with van der Waals surface area (Å²) in [6.45, 7) is 8.04. The summed E-state index contributed by atoms with van der Waals surface area (Å²) in [6.07, 6.45) is 0.990. The molecule has 96 valence electrons. The molecular formula is C12H25NO3. The van der Waals surface area contributed by atoms with Crippen molar-refractivity contribution in [3.05, 3.63) is 0 Å². The zero-order valence-corrected chi connectivity index (χ0v) is 10.7. The molecule has 2 atom stereocenters. The molecule has 16 heavy (non-hydrogen) atoms. The van der Waals surface area contributed by atoms with Gasteiger partial charge in [-0.3, -0.25) is 0 Å². The molecule has 1 fully saturated rings. The second-order valence-electron chi connectivity index (χ2n) is 4.91. The maximum absolute atomic E-state index is 9.78. The van der Waals surface area contributed by atoms with Crippen molar-refractivity contribution in [1.29, 1.82) is 0 Å². The number of rotatable bonds is 7.